The van der Waals surface area contributed by atoms with Crippen molar-refractivity contribution in [2.45, 2.75) is 13.8 Å². The molecule has 0 heterocycles. The quantitative estimate of drug-likeness (QED) is 0.793. The molecule has 0 radical (unpaired) electrons. The third-order valence-corrected chi connectivity index (χ3v) is 3.56. The zero-order valence-electron chi connectivity index (χ0n) is 12.6. The number of hydrogen-bond donors (Lipinski definition) is 2. The Balaban J connectivity index is 2.25. The van der Waals surface area contributed by atoms with Gasteiger partial charge in [0.25, 0.3) is 0 Å². The van der Waals surface area contributed by atoms with E-state index in [0.29, 0.717) is 0 Å². The van der Waals surface area contributed by atoms with Gasteiger partial charge in [-0.3, -0.25) is 0 Å². The van der Waals surface area contributed by atoms with E-state index in [-0.39, 0.29) is 0 Å². The predicted octanol–water partition coefficient (Wildman–Crippen LogP) is 4.56. The van der Waals surface area contributed by atoms with Crippen molar-refractivity contribution in [2.24, 2.45) is 0 Å². The molecule has 0 spiro atoms. The van der Waals surface area contributed by atoms with E-state index in [9.17, 15) is 0 Å². The van der Waals surface area contributed by atoms with Gasteiger partial charge in [-0.05, 0) is 60.4 Å². The Morgan fingerprint density at radius 3 is 1.40 bits per heavy atom. The molecule has 0 aliphatic rings. The highest BCUT2D eigenvalue weighted by molar-refractivity contribution is 5.74. The first kappa shape index (κ1) is 14.2. The molecule has 2 aromatic rings. The van der Waals surface area contributed by atoms with Gasteiger partial charge in [-0.15, -0.1) is 0 Å². The Morgan fingerprint density at radius 2 is 1.10 bits per heavy atom. The summed E-state index contributed by atoms with van der Waals surface area (Å²) >= 11 is 0. The first-order valence-electron chi connectivity index (χ1n) is 6.89. The fourth-order valence-corrected chi connectivity index (χ4v) is 2.22. The average Bonchev–Trinajstić information content (AvgIpc) is 2.46. The van der Waals surface area contributed by atoms with Crippen LogP contribution in [0.25, 0.3) is 12.2 Å². The van der Waals surface area contributed by atoms with E-state index < -0.39 is 0 Å². The summed E-state index contributed by atoms with van der Waals surface area (Å²) < 4.78 is 0. The van der Waals surface area contributed by atoms with Crippen molar-refractivity contribution in [1.29, 1.82) is 0 Å². The van der Waals surface area contributed by atoms with Crippen molar-refractivity contribution in [3.63, 3.8) is 0 Å². The Hall–Kier alpha value is -2.22. The molecule has 0 saturated carbocycles. The molecule has 0 aliphatic carbocycles. The highest BCUT2D eigenvalue weighted by atomic mass is 14.8. The summed E-state index contributed by atoms with van der Waals surface area (Å²) in [6.07, 6.45) is 4.35. The SMILES string of the molecule is CNc1ccc(/C=C/c2ccc(NC)cc2C)c(C)c1. The van der Waals surface area contributed by atoms with Crippen LogP contribution in [0.1, 0.15) is 22.3 Å². The van der Waals surface area contributed by atoms with Gasteiger partial charge >= 0.3 is 0 Å². The maximum absolute atomic E-state index is 3.16. The molecular formula is C18H22N2. The van der Waals surface area contributed by atoms with E-state index in [1.807, 2.05) is 14.1 Å². The second-order valence-corrected chi connectivity index (χ2v) is 4.98. The highest BCUT2D eigenvalue weighted by Gasteiger charge is 1.98. The van der Waals surface area contributed by atoms with Gasteiger partial charge in [-0.25, -0.2) is 0 Å². The van der Waals surface area contributed by atoms with Gasteiger partial charge in [0.1, 0.15) is 0 Å². The topological polar surface area (TPSA) is 24.1 Å². The Labute approximate surface area is 121 Å². The largest absolute Gasteiger partial charge is 0.388 e. The minimum atomic E-state index is 1.15. The van der Waals surface area contributed by atoms with Crippen LogP contribution >= 0.6 is 0 Å². The van der Waals surface area contributed by atoms with Crippen molar-refractivity contribution in [1.82, 2.24) is 0 Å². The number of aryl methyl sites for hydroxylation is 2. The fourth-order valence-electron chi connectivity index (χ4n) is 2.22. The van der Waals surface area contributed by atoms with Crippen molar-refractivity contribution in [3.05, 3.63) is 58.7 Å². The molecule has 2 heteroatoms. The van der Waals surface area contributed by atoms with E-state index in [2.05, 4.69) is 73.0 Å². The van der Waals surface area contributed by atoms with Crippen LogP contribution in [0.5, 0.6) is 0 Å². The minimum Gasteiger partial charge on any atom is -0.388 e. The maximum atomic E-state index is 3.16. The third-order valence-electron chi connectivity index (χ3n) is 3.56. The van der Waals surface area contributed by atoms with Gasteiger partial charge in [-0.1, -0.05) is 24.3 Å². The molecule has 2 nitrogen and oxygen atoms in total. The second-order valence-electron chi connectivity index (χ2n) is 4.98. The lowest BCUT2D eigenvalue weighted by molar-refractivity contribution is 1.40. The lowest BCUT2D eigenvalue weighted by atomic mass is 10.0. The molecule has 2 rings (SSSR count). The molecule has 0 atom stereocenters. The van der Waals surface area contributed by atoms with Crippen LogP contribution in [0.3, 0.4) is 0 Å². The number of hydrogen-bond acceptors (Lipinski definition) is 2. The molecule has 0 aromatic heterocycles. The molecule has 0 saturated heterocycles. The summed E-state index contributed by atoms with van der Waals surface area (Å²) in [5, 5.41) is 6.32. The molecule has 0 fully saturated rings. The van der Waals surface area contributed by atoms with Crippen LogP contribution in [-0.2, 0) is 0 Å². The average molecular weight is 266 g/mol. The fraction of sp³-hybridized carbons (Fsp3) is 0.222. The van der Waals surface area contributed by atoms with E-state index in [1.54, 1.807) is 0 Å². The second kappa shape index (κ2) is 6.29. The molecule has 2 aromatic carbocycles. The third kappa shape index (κ3) is 3.21. The molecule has 0 unspecified atom stereocenters. The van der Waals surface area contributed by atoms with Crippen LogP contribution < -0.4 is 10.6 Å². The first-order valence-corrected chi connectivity index (χ1v) is 6.89. The lowest BCUT2D eigenvalue weighted by Crippen LogP contribution is -1.90. The summed E-state index contributed by atoms with van der Waals surface area (Å²) in [4.78, 5) is 0. The molecule has 2 N–H and O–H groups in total. The molecule has 0 amide bonds. The monoisotopic (exact) mass is 266 g/mol. The Bertz CT molecular complexity index is 572. The zero-order chi connectivity index (χ0) is 14.5. The summed E-state index contributed by atoms with van der Waals surface area (Å²) in [6.45, 7) is 4.27. The highest BCUT2D eigenvalue weighted by Crippen LogP contribution is 2.20. The van der Waals surface area contributed by atoms with Crippen LogP contribution in [0, 0.1) is 13.8 Å². The summed E-state index contributed by atoms with van der Waals surface area (Å²) in [7, 11) is 3.88. The minimum absolute atomic E-state index is 1.15. The summed E-state index contributed by atoms with van der Waals surface area (Å²) in [6, 6.07) is 12.8. The number of anilines is 2. The summed E-state index contributed by atoms with van der Waals surface area (Å²) in [5.41, 5.74) is 7.35. The van der Waals surface area contributed by atoms with Crippen molar-refractivity contribution >= 4 is 23.5 Å². The predicted molar refractivity (Wildman–Crippen MR) is 90.4 cm³/mol. The molecule has 20 heavy (non-hydrogen) atoms. The Morgan fingerprint density at radius 1 is 0.700 bits per heavy atom. The Kier molecular flexibility index (Phi) is 4.46. The molecule has 0 bridgehead atoms. The molecular weight excluding hydrogens is 244 g/mol. The van der Waals surface area contributed by atoms with Gasteiger partial charge < -0.3 is 10.6 Å². The zero-order valence-corrected chi connectivity index (χ0v) is 12.6. The standard InChI is InChI=1S/C18H22N2/c1-13-11-17(19-3)9-7-15(13)5-6-16-8-10-18(20-4)12-14(16)2/h5-12,19-20H,1-4H3/b6-5+. The van der Waals surface area contributed by atoms with E-state index in [4.69, 9.17) is 0 Å². The van der Waals surface area contributed by atoms with Crippen molar-refractivity contribution in [3.8, 4) is 0 Å². The first-order chi connectivity index (χ1) is 9.63. The van der Waals surface area contributed by atoms with Crippen LogP contribution in [0.4, 0.5) is 11.4 Å². The maximum Gasteiger partial charge on any atom is 0.0340 e. The number of benzene rings is 2. The molecule has 0 aliphatic heterocycles. The van der Waals surface area contributed by atoms with Gasteiger partial charge in [-0.2, -0.15) is 0 Å². The number of rotatable bonds is 4. The number of nitrogens with one attached hydrogen (secondary N) is 2. The molecule has 104 valence electrons. The lowest BCUT2D eigenvalue weighted by Gasteiger charge is -2.06. The van der Waals surface area contributed by atoms with Crippen LogP contribution in [0.15, 0.2) is 36.4 Å². The van der Waals surface area contributed by atoms with Crippen LogP contribution in [0.2, 0.25) is 0 Å². The smallest absolute Gasteiger partial charge is 0.0340 e. The van der Waals surface area contributed by atoms with E-state index in [1.165, 1.54) is 22.3 Å². The van der Waals surface area contributed by atoms with E-state index >= 15 is 0 Å². The normalized spacial score (nSPS) is 10.8. The van der Waals surface area contributed by atoms with E-state index in [0.717, 1.165) is 11.4 Å². The van der Waals surface area contributed by atoms with Gasteiger partial charge in [0.15, 0.2) is 0 Å². The van der Waals surface area contributed by atoms with Crippen molar-refractivity contribution in [2.75, 3.05) is 24.7 Å². The van der Waals surface area contributed by atoms with Crippen LogP contribution in [-0.4, -0.2) is 14.1 Å². The van der Waals surface area contributed by atoms with Gasteiger partial charge in [0, 0.05) is 25.5 Å². The van der Waals surface area contributed by atoms with Gasteiger partial charge in [0.05, 0.1) is 0 Å². The summed E-state index contributed by atoms with van der Waals surface area (Å²) in [5.74, 6) is 0. The van der Waals surface area contributed by atoms with Gasteiger partial charge in [0.2, 0.25) is 0 Å². The van der Waals surface area contributed by atoms with Crippen molar-refractivity contribution < 1.29 is 0 Å².